The van der Waals surface area contributed by atoms with Crippen LogP contribution in [0, 0.1) is 6.92 Å². The van der Waals surface area contributed by atoms with E-state index in [1.165, 1.54) is 36.2 Å². The molecule has 1 aliphatic heterocycles. The molecule has 0 unspecified atom stereocenters. The van der Waals surface area contributed by atoms with Gasteiger partial charge in [0, 0.05) is 19.6 Å². The largest absolute Gasteiger partial charge is 0.464 e. The lowest BCUT2D eigenvalue weighted by Crippen LogP contribution is -2.46. The standard InChI is InChI=1S/C28H35N3O3S/c1-23-12-13-25(34-23)21-30(17-14-24-9-4-2-5-10-24)27(32)22-31(28(33)26-11-8-20-35-26)19-18-29-15-6-3-7-16-29/h2,4-5,8-13,20H,3,6-7,14-19,21-22H2,1H3. The summed E-state index contributed by atoms with van der Waals surface area (Å²) < 4.78 is 5.77. The van der Waals surface area contributed by atoms with Crippen molar-refractivity contribution in [2.45, 2.75) is 39.2 Å². The number of thiophene rings is 1. The average molecular weight is 494 g/mol. The molecule has 3 aromatic rings. The summed E-state index contributed by atoms with van der Waals surface area (Å²) in [6, 6.07) is 17.7. The molecule has 186 valence electrons. The van der Waals surface area contributed by atoms with Crippen molar-refractivity contribution in [2.24, 2.45) is 0 Å². The van der Waals surface area contributed by atoms with Crippen molar-refractivity contribution >= 4 is 23.2 Å². The van der Waals surface area contributed by atoms with Crippen molar-refractivity contribution in [1.82, 2.24) is 14.7 Å². The third kappa shape index (κ3) is 7.54. The smallest absolute Gasteiger partial charge is 0.264 e. The van der Waals surface area contributed by atoms with E-state index in [2.05, 4.69) is 17.0 Å². The lowest BCUT2D eigenvalue weighted by Gasteiger charge is -2.31. The molecule has 7 heteroatoms. The molecule has 4 rings (SSSR count). The number of piperidine rings is 1. The maximum Gasteiger partial charge on any atom is 0.264 e. The molecule has 0 radical (unpaired) electrons. The van der Waals surface area contributed by atoms with E-state index in [4.69, 9.17) is 4.42 Å². The van der Waals surface area contributed by atoms with Gasteiger partial charge in [-0.1, -0.05) is 42.8 Å². The van der Waals surface area contributed by atoms with Crippen molar-refractivity contribution in [2.75, 3.05) is 39.3 Å². The van der Waals surface area contributed by atoms with Crippen molar-refractivity contribution < 1.29 is 14.0 Å². The first-order valence-corrected chi connectivity index (χ1v) is 13.4. The molecule has 1 aliphatic rings. The highest BCUT2D eigenvalue weighted by Crippen LogP contribution is 2.16. The highest BCUT2D eigenvalue weighted by Gasteiger charge is 2.24. The predicted molar refractivity (Wildman–Crippen MR) is 140 cm³/mol. The van der Waals surface area contributed by atoms with Crippen LogP contribution in [0.25, 0.3) is 0 Å². The molecule has 0 atom stereocenters. The number of amides is 2. The minimum Gasteiger partial charge on any atom is -0.464 e. The molecular weight excluding hydrogens is 458 g/mol. The fraction of sp³-hybridized carbons (Fsp3) is 0.429. The van der Waals surface area contributed by atoms with E-state index >= 15 is 0 Å². The number of furan rings is 1. The van der Waals surface area contributed by atoms with Crippen LogP contribution in [-0.2, 0) is 17.8 Å². The van der Waals surface area contributed by atoms with Crippen LogP contribution >= 0.6 is 11.3 Å². The van der Waals surface area contributed by atoms with Gasteiger partial charge in [0.1, 0.15) is 18.1 Å². The molecular formula is C28H35N3O3S. The normalized spacial score (nSPS) is 14.1. The van der Waals surface area contributed by atoms with Crippen LogP contribution in [0.5, 0.6) is 0 Å². The second-order valence-corrected chi connectivity index (χ2v) is 10.1. The van der Waals surface area contributed by atoms with Crippen LogP contribution in [0.2, 0.25) is 0 Å². The molecule has 1 aromatic carbocycles. The Bertz CT molecular complexity index is 1060. The third-order valence-electron chi connectivity index (χ3n) is 6.49. The van der Waals surface area contributed by atoms with Gasteiger partial charge in [-0.3, -0.25) is 9.59 Å². The topological polar surface area (TPSA) is 57.0 Å². The van der Waals surface area contributed by atoms with Crippen molar-refractivity contribution in [3.8, 4) is 0 Å². The Kier molecular flexibility index (Phi) is 9.15. The average Bonchev–Trinajstić information content (AvgIpc) is 3.57. The van der Waals surface area contributed by atoms with Crippen LogP contribution in [0.1, 0.15) is 46.0 Å². The number of nitrogens with zero attached hydrogens (tertiary/aromatic N) is 3. The number of likely N-dealkylation sites (tertiary alicyclic amines) is 1. The predicted octanol–water partition coefficient (Wildman–Crippen LogP) is 4.85. The zero-order valence-electron chi connectivity index (χ0n) is 20.5. The van der Waals surface area contributed by atoms with E-state index in [1.807, 2.05) is 59.7 Å². The number of benzene rings is 1. The molecule has 3 heterocycles. The van der Waals surface area contributed by atoms with Crippen LogP contribution in [-0.4, -0.2) is 65.8 Å². The second-order valence-electron chi connectivity index (χ2n) is 9.17. The van der Waals surface area contributed by atoms with Gasteiger partial charge in [0.05, 0.1) is 11.4 Å². The first-order valence-electron chi connectivity index (χ1n) is 12.5. The first kappa shape index (κ1) is 25.2. The van der Waals surface area contributed by atoms with E-state index in [-0.39, 0.29) is 18.4 Å². The van der Waals surface area contributed by atoms with Crippen LogP contribution < -0.4 is 0 Å². The van der Waals surface area contributed by atoms with E-state index in [0.717, 1.165) is 37.6 Å². The summed E-state index contributed by atoms with van der Waals surface area (Å²) in [5, 5.41) is 1.91. The van der Waals surface area contributed by atoms with Crippen LogP contribution in [0.4, 0.5) is 0 Å². The molecule has 0 bridgehead atoms. The molecule has 0 N–H and O–H groups in total. The zero-order chi connectivity index (χ0) is 24.5. The fourth-order valence-electron chi connectivity index (χ4n) is 4.48. The maximum absolute atomic E-state index is 13.6. The van der Waals surface area contributed by atoms with Gasteiger partial charge in [-0.2, -0.15) is 0 Å². The third-order valence-corrected chi connectivity index (χ3v) is 7.35. The summed E-state index contributed by atoms with van der Waals surface area (Å²) in [6.45, 7) is 6.41. The number of aryl methyl sites for hydroxylation is 1. The number of carbonyl (C=O) groups excluding carboxylic acids is 2. The van der Waals surface area contributed by atoms with E-state index in [1.54, 1.807) is 4.90 Å². The Morgan fingerprint density at radius 2 is 1.74 bits per heavy atom. The number of hydrogen-bond acceptors (Lipinski definition) is 5. The Labute approximate surface area is 212 Å². The molecule has 1 fully saturated rings. The number of hydrogen-bond donors (Lipinski definition) is 0. The Morgan fingerprint density at radius 1 is 0.943 bits per heavy atom. The summed E-state index contributed by atoms with van der Waals surface area (Å²) in [4.78, 5) is 33.5. The van der Waals surface area contributed by atoms with Gasteiger partial charge >= 0.3 is 0 Å². The molecule has 0 spiro atoms. The molecule has 0 saturated carbocycles. The minimum atomic E-state index is -0.0674. The monoisotopic (exact) mass is 493 g/mol. The Hall–Kier alpha value is -2.90. The molecule has 35 heavy (non-hydrogen) atoms. The maximum atomic E-state index is 13.6. The van der Waals surface area contributed by atoms with Crippen LogP contribution in [0.3, 0.4) is 0 Å². The molecule has 2 amide bonds. The number of rotatable bonds is 11. The van der Waals surface area contributed by atoms with Gasteiger partial charge in [0.25, 0.3) is 5.91 Å². The lowest BCUT2D eigenvalue weighted by atomic mass is 10.1. The zero-order valence-corrected chi connectivity index (χ0v) is 21.3. The van der Waals surface area contributed by atoms with E-state index in [9.17, 15) is 9.59 Å². The summed E-state index contributed by atoms with van der Waals surface area (Å²) >= 11 is 1.42. The van der Waals surface area contributed by atoms with Crippen LogP contribution in [0.15, 0.2) is 64.4 Å². The molecule has 2 aromatic heterocycles. The lowest BCUT2D eigenvalue weighted by molar-refractivity contribution is -0.132. The summed E-state index contributed by atoms with van der Waals surface area (Å²) in [5.74, 6) is 1.46. The summed E-state index contributed by atoms with van der Waals surface area (Å²) in [5.41, 5.74) is 1.18. The van der Waals surface area contributed by atoms with Gasteiger partial charge in [-0.05, 0) is 68.4 Å². The summed E-state index contributed by atoms with van der Waals surface area (Å²) in [7, 11) is 0. The first-order chi connectivity index (χ1) is 17.1. The Morgan fingerprint density at radius 3 is 2.43 bits per heavy atom. The van der Waals surface area contributed by atoms with E-state index in [0.29, 0.717) is 24.5 Å². The van der Waals surface area contributed by atoms with Crippen molar-refractivity contribution in [1.29, 1.82) is 0 Å². The van der Waals surface area contributed by atoms with Crippen molar-refractivity contribution in [3.05, 3.63) is 81.9 Å². The number of carbonyl (C=O) groups is 2. The fourth-order valence-corrected chi connectivity index (χ4v) is 5.17. The van der Waals surface area contributed by atoms with Gasteiger partial charge in [-0.25, -0.2) is 0 Å². The summed E-state index contributed by atoms with van der Waals surface area (Å²) in [6.07, 6.45) is 4.43. The molecule has 6 nitrogen and oxygen atoms in total. The minimum absolute atomic E-state index is 0.0569. The molecule has 0 aliphatic carbocycles. The quantitative estimate of drug-likeness (QED) is 0.383. The van der Waals surface area contributed by atoms with Gasteiger partial charge in [0.15, 0.2) is 0 Å². The SMILES string of the molecule is Cc1ccc(CN(CCc2ccccc2)C(=O)CN(CCN2CCCCC2)C(=O)c2cccs2)o1. The Balaban J connectivity index is 1.46. The van der Waals surface area contributed by atoms with Gasteiger partial charge in [0.2, 0.25) is 5.91 Å². The van der Waals surface area contributed by atoms with Gasteiger partial charge in [-0.15, -0.1) is 11.3 Å². The van der Waals surface area contributed by atoms with Gasteiger partial charge < -0.3 is 19.1 Å². The van der Waals surface area contributed by atoms with E-state index < -0.39 is 0 Å². The van der Waals surface area contributed by atoms with Crippen molar-refractivity contribution in [3.63, 3.8) is 0 Å². The highest BCUT2D eigenvalue weighted by atomic mass is 32.1. The second kappa shape index (κ2) is 12.7. The molecule has 1 saturated heterocycles. The highest BCUT2D eigenvalue weighted by molar-refractivity contribution is 7.12.